The topological polar surface area (TPSA) is 58.6 Å². The second-order valence-corrected chi connectivity index (χ2v) is 7.72. The highest BCUT2D eigenvalue weighted by Gasteiger charge is 2.44. The second kappa shape index (κ2) is 8.74. The van der Waals surface area contributed by atoms with Gasteiger partial charge in [-0.3, -0.25) is 9.59 Å². The van der Waals surface area contributed by atoms with Gasteiger partial charge < -0.3 is 15.0 Å². The molecule has 1 N–H and O–H groups in total. The van der Waals surface area contributed by atoms with Crippen molar-refractivity contribution in [2.75, 3.05) is 26.7 Å². The maximum Gasteiger partial charge on any atom is 0.254 e. The van der Waals surface area contributed by atoms with Gasteiger partial charge in [0.25, 0.3) is 5.91 Å². The molecule has 0 aromatic heterocycles. The fraction of sp³-hybridized carbons (Fsp3) is 0.391. The van der Waals surface area contributed by atoms with Crippen LogP contribution < -0.4 is 5.32 Å². The summed E-state index contributed by atoms with van der Waals surface area (Å²) in [5, 5.41) is 2.69. The molecule has 1 saturated heterocycles. The molecule has 2 aromatic rings. The highest BCUT2D eigenvalue weighted by atomic mass is 19.1. The Hall–Kier alpha value is -2.73. The first-order valence-electron chi connectivity index (χ1n) is 9.84. The average Bonchev–Trinajstić information content (AvgIpc) is 2.72. The number of amides is 2. The van der Waals surface area contributed by atoms with E-state index in [-0.39, 0.29) is 30.1 Å². The van der Waals surface area contributed by atoms with Crippen LogP contribution in [-0.4, -0.2) is 49.1 Å². The van der Waals surface area contributed by atoms with Crippen LogP contribution in [0.15, 0.2) is 48.5 Å². The van der Waals surface area contributed by atoms with Crippen LogP contribution in [0.3, 0.4) is 0 Å². The molecule has 0 unspecified atom stereocenters. The van der Waals surface area contributed by atoms with Gasteiger partial charge in [-0.15, -0.1) is 0 Å². The minimum atomic E-state index is -1.15. The first-order valence-corrected chi connectivity index (χ1v) is 9.84. The third-order valence-electron chi connectivity index (χ3n) is 5.21. The molecule has 1 atom stereocenters. The summed E-state index contributed by atoms with van der Waals surface area (Å²) in [4.78, 5) is 27.0. The van der Waals surface area contributed by atoms with Crippen molar-refractivity contribution in [2.45, 2.75) is 25.9 Å². The number of rotatable bonds is 5. The summed E-state index contributed by atoms with van der Waals surface area (Å²) in [5.41, 5.74) is 1.36. The predicted octanol–water partition coefficient (Wildman–Crippen LogP) is 3.03. The van der Waals surface area contributed by atoms with Gasteiger partial charge in [-0.1, -0.05) is 50.2 Å². The lowest BCUT2D eigenvalue weighted by atomic mass is 9.89. The van der Waals surface area contributed by atoms with Crippen LogP contribution in [0.25, 0.3) is 11.1 Å². The van der Waals surface area contributed by atoms with Crippen LogP contribution in [0.5, 0.6) is 0 Å². The number of benzene rings is 2. The minimum absolute atomic E-state index is 0.00934. The summed E-state index contributed by atoms with van der Waals surface area (Å²) in [6.07, 6.45) is 0.317. The Morgan fingerprint density at radius 3 is 2.52 bits per heavy atom. The van der Waals surface area contributed by atoms with Crippen molar-refractivity contribution in [1.82, 2.24) is 10.2 Å². The summed E-state index contributed by atoms with van der Waals surface area (Å²) < 4.78 is 19.6. The minimum Gasteiger partial charge on any atom is -0.361 e. The fourth-order valence-electron chi connectivity index (χ4n) is 3.75. The maximum absolute atomic E-state index is 13.6. The normalized spacial score (nSPS) is 19.3. The van der Waals surface area contributed by atoms with Crippen LogP contribution >= 0.6 is 0 Å². The molecular weight excluding hydrogens is 371 g/mol. The quantitative estimate of drug-likeness (QED) is 0.842. The van der Waals surface area contributed by atoms with Gasteiger partial charge in [-0.25, -0.2) is 4.39 Å². The number of ether oxygens (including phenoxy) is 1. The maximum atomic E-state index is 13.6. The third kappa shape index (κ3) is 4.65. The molecule has 0 aliphatic carbocycles. The van der Waals surface area contributed by atoms with Crippen LogP contribution in [-0.2, 0) is 20.7 Å². The standard InChI is InChI=1S/C23H27FN2O3/c1-16(2)21(27)26-10-11-29-23(15-26,22(28)25-3)14-17-6-4-7-18(12-17)19-8-5-9-20(24)13-19/h4-9,12-13,16H,10-11,14-15H2,1-3H3,(H,25,28)/t23-/m1/s1. The van der Waals surface area contributed by atoms with Gasteiger partial charge in [-0.2, -0.15) is 0 Å². The van der Waals surface area contributed by atoms with Gasteiger partial charge in [0.2, 0.25) is 5.91 Å². The molecule has 29 heavy (non-hydrogen) atoms. The molecule has 1 aliphatic heterocycles. The number of nitrogens with zero attached hydrogens (tertiary/aromatic N) is 1. The molecule has 3 rings (SSSR count). The van der Waals surface area contributed by atoms with Gasteiger partial charge in [0.15, 0.2) is 5.60 Å². The Kier molecular flexibility index (Phi) is 6.33. The Balaban J connectivity index is 1.90. The van der Waals surface area contributed by atoms with E-state index in [1.54, 1.807) is 18.0 Å². The van der Waals surface area contributed by atoms with E-state index in [0.29, 0.717) is 19.6 Å². The number of hydrogen-bond donors (Lipinski definition) is 1. The van der Waals surface area contributed by atoms with E-state index >= 15 is 0 Å². The highest BCUT2D eigenvalue weighted by molar-refractivity contribution is 5.87. The summed E-state index contributed by atoms with van der Waals surface area (Å²) in [6, 6.07) is 14.0. The number of carbonyl (C=O) groups is 2. The first-order chi connectivity index (χ1) is 13.8. The molecule has 0 saturated carbocycles. The summed E-state index contributed by atoms with van der Waals surface area (Å²) in [6.45, 7) is 4.67. The first kappa shape index (κ1) is 21.0. The van der Waals surface area contributed by atoms with Crippen molar-refractivity contribution in [3.05, 3.63) is 59.9 Å². The number of halogens is 1. The van der Waals surface area contributed by atoms with Crippen molar-refractivity contribution in [3.63, 3.8) is 0 Å². The SMILES string of the molecule is CNC(=O)[C@@]1(Cc2cccc(-c3cccc(F)c3)c2)CN(C(=O)C(C)C)CCO1. The van der Waals surface area contributed by atoms with Crippen molar-refractivity contribution in [1.29, 1.82) is 0 Å². The van der Waals surface area contributed by atoms with Gasteiger partial charge in [0.1, 0.15) is 5.82 Å². The second-order valence-electron chi connectivity index (χ2n) is 7.72. The molecule has 2 aromatic carbocycles. The van der Waals surface area contributed by atoms with Crippen molar-refractivity contribution >= 4 is 11.8 Å². The smallest absolute Gasteiger partial charge is 0.254 e. The molecule has 154 valence electrons. The monoisotopic (exact) mass is 398 g/mol. The lowest BCUT2D eigenvalue weighted by molar-refractivity contribution is -0.167. The van der Waals surface area contributed by atoms with E-state index in [1.807, 2.05) is 44.2 Å². The summed E-state index contributed by atoms with van der Waals surface area (Å²) >= 11 is 0. The molecule has 1 aliphatic rings. The van der Waals surface area contributed by atoms with Gasteiger partial charge >= 0.3 is 0 Å². The van der Waals surface area contributed by atoms with E-state index in [9.17, 15) is 14.0 Å². The lowest BCUT2D eigenvalue weighted by Gasteiger charge is -2.42. The zero-order chi connectivity index (χ0) is 21.0. The average molecular weight is 398 g/mol. The van der Waals surface area contributed by atoms with Crippen LogP contribution in [0.4, 0.5) is 4.39 Å². The summed E-state index contributed by atoms with van der Waals surface area (Å²) in [5.74, 6) is -0.690. The van der Waals surface area contributed by atoms with Crippen molar-refractivity contribution < 1.29 is 18.7 Å². The zero-order valence-electron chi connectivity index (χ0n) is 17.1. The van der Waals surface area contributed by atoms with Crippen molar-refractivity contribution in [3.8, 4) is 11.1 Å². The van der Waals surface area contributed by atoms with E-state index in [4.69, 9.17) is 4.74 Å². The number of carbonyl (C=O) groups excluding carboxylic acids is 2. The van der Waals surface area contributed by atoms with Crippen LogP contribution in [0.1, 0.15) is 19.4 Å². The Labute approximate surface area is 170 Å². The van der Waals surface area contributed by atoms with E-state index in [0.717, 1.165) is 16.7 Å². The summed E-state index contributed by atoms with van der Waals surface area (Å²) in [7, 11) is 1.57. The zero-order valence-corrected chi connectivity index (χ0v) is 17.1. The lowest BCUT2D eigenvalue weighted by Crippen LogP contribution is -2.62. The molecule has 2 amide bonds. The van der Waals surface area contributed by atoms with Gasteiger partial charge in [0.05, 0.1) is 13.2 Å². The Morgan fingerprint density at radius 2 is 1.86 bits per heavy atom. The number of hydrogen-bond acceptors (Lipinski definition) is 3. The highest BCUT2D eigenvalue weighted by Crippen LogP contribution is 2.28. The van der Waals surface area contributed by atoms with Crippen LogP contribution in [0.2, 0.25) is 0 Å². The van der Waals surface area contributed by atoms with E-state index in [2.05, 4.69) is 5.32 Å². The Morgan fingerprint density at radius 1 is 1.17 bits per heavy atom. The predicted molar refractivity (Wildman–Crippen MR) is 110 cm³/mol. The van der Waals surface area contributed by atoms with E-state index < -0.39 is 5.60 Å². The molecule has 0 spiro atoms. The number of morpholine rings is 1. The molecule has 0 radical (unpaired) electrons. The van der Waals surface area contributed by atoms with Crippen LogP contribution in [0, 0.1) is 11.7 Å². The molecule has 5 nitrogen and oxygen atoms in total. The molecular formula is C23H27FN2O3. The van der Waals surface area contributed by atoms with Crippen molar-refractivity contribution in [2.24, 2.45) is 5.92 Å². The molecule has 0 bridgehead atoms. The van der Waals surface area contributed by atoms with Gasteiger partial charge in [-0.05, 0) is 28.8 Å². The number of likely N-dealkylation sites (N-methyl/N-ethyl adjacent to an activating group) is 1. The van der Waals surface area contributed by atoms with Gasteiger partial charge in [0, 0.05) is 25.9 Å². The Bertz CT molecular complexity index is 899. The van der Waals surface area contributed by atoms with E-state index in [1.165, 1.54) is 12.1 Å². The largest absolute Gasteiger partial charge is 0.361 e. The molecule has 6 heteroatoms. The molecule has 1 fully saturated rings. The fourth-order valence-corrected chi connectivity index (χ4v) is 3.75. The third-order valence-corrected chi connectivity index (χ3v) is 5.21. The molecule has 1 heterocycles. The number of nitrogens with one attached hydrogen (secondary N) is 1.